The average molecular weight is 300 g/mol. The summed E-state index contributed by atoms with van der Waals surface area (Å²) >= 11 is 5.99. The van der Waals surface area contributed by atoms with Gasteiger partial charge in [0.1, 0.15) is 12.4 Å². The molecule has 0 heterocycles. The molecule has 1 aromatic carbocycles. The van der Waals surface area contributed by atoms with Crippen LogP contribution in [0.5, 0.6) is 5.75 Å². The number of rotatable bonds is 8. The second kappa shape index (κ2) is 7.50. The van der Waals surface area contributed by atoms with Crippen molar-refractivity contribution >= 4 is 17.6 Å². The number of hydrogen-bond donors (Lipinski definition) is 2. The molecule has 0 spiro atoms. The zero-order valence-corrected chi connectivity index (χ0v) is 13.0. The van der Waals surface area contributed by atoms with Gasteiger partial charge in [0, 0.05) is 17.1 Å². The highest BCUT2D eigenvalue weighted by Gasteiger charge is 2.28. The molecule has 2 N–H and O–H groups in total. The third-order valence-corrected chi connectivity index (χ3v) is 3.17. The predicted octanol–water partition coefficient (Wildman–Crippen LogP) is 3.33. The lowest BCUT2D eigenvalue weighted by atomic mass is 9.95. The molecule has 0 aliphatic heterocycles. The molecular formula is C15H22ClNO3. The van der Waals surface area contributed by atoms with Crippen LogP contribution in [0.3, 0.4) is 0 Å². The van der Waals surface area contributed by atoms with E-state index in [1.807, 2.05) is 6.07 Å². The van der Waals surface area contributed by atoms with Gasteiger partial charge >= 0.3 is 5.97 Å². The van der Waals surface area contributed by atoms with Crippen molar-refractivity contribution in [3.8, 4) is 5.75 Å². The fraction of sp³-hybridized carbons (Fsp3) is 0.533. The van der Waals surface area contributed by atoms with Crippen molar-refractivity contribution < 1.29 is 14.6 Å². The predicted molar refractivity (Wildman–Crippen MR) is 80.4 cm³/mol. The largest absolute Gasteiger partial charge is 0.492 e. The maximum Gasteiger partial charge on any atom is 0.312 e. The van der Waals surface area contributed by atoms with Crippen molar-refractivity contribution in [1.82, 2.24) is 5.32 Å². The molecule has 0 aliphatic rings. The molecule has 0 aliphatic carbocycles. The summed E-state index contributed by atoms with van der Waals surface area (Å²) in [7, 11) is 0. The standard InChI is InChI=1S/C15H22ClNO3/c1-4-7-17-9-11-8-12(16)5-6-13(11)20-10-15(2,3)14(18)19/h5-6,8,17H,4,7,9-10H2,1-3H3,(H,18,19). The average Bonchev–Trinajstić information content (AvgIpc) is 2.38. The van der Waals surface area contributed by atoms with Gasteiger partial charge in [0.25, 0.3) is 0 Å². The molecule has 20 heavy (non-hydrogen) atoms. The number of halogens is 1. The van der Waals surface area contributed by atoms with Gasteiger partial charge in [-0.2, -0.15) is 0 Å². The first-order valence-electron chi connectivity index (χ1n) is 6.72. The van der Waals surface area contributed by atoms with Crippen molar-refractivity contribution in [1.29, 1.82) is 0 Å². The van der Waals surface area contributed by atoms with E-state index in [2.05, 4.69) is 12.2 Å². The zero-order valence-electron chi connectivity index (χ0n) is 12.2. The number of hydrogen-bond acceptors (Lipinski definition) is 3. The number of aliphatic carboxylic acids is 1. The number of benzene rings is 1. The number of carboxylic acids is 1. The van der Waals surface area contributed by atoms with Crippen LogP contribution < -0.4 is 10.1 Å². The third kappa shape index (κ3) is 5.02. The van der Waals surface area contributed by atoms with E-state index >= 15 is 0 Å². The lowest BCUT2D eigenvalue weighted by Crippen LogP contribution is -2.31. The summed E-state index contributed by atoms with van der Waals surface area (Å²) in [5.74, 6) is -0.204. The van der Waals surface area contributed by atoms with Crippen LogP contribution in [0.2, 0.25) is 5.02 Å². The minimum absolute atomic E-state index is 0.116. The van der Waals surface area contributed by atoms with Gasteiger partial charge in [0.05, 0.1) is 5.41 Å². The Morgan fingerprint density at radius 2 is 2.15 bits per heavy atom. The summed E-state index contributed by atoms with van der Waals surface area (Å²) < 4.78 is 5.67. The van der Waals surface area contributed by atoms with Gasteiger partial charge in [0.2, 0.25) is 0 Å². The van der Waals surface area contributed by atoms with Gasteiger partial charge in [0.15, 0.2) is 0 Å². The molecule has 0 saturated carbocycles. The summed E-state index contributed by atoms with van der Waals surface area (Å²) in [5.41, 5.74) is 0.0143. The van der Waals surface area contributed by atoms with E-state index in [-0.39, 0.29) is 6.61 Å². The molecule has 5 heteroatoms. The van der Waals surface area contributed by atoms with E-state index in [4.69, 9.17) is 21.4 Å². The highest BCUT2D eigenvalue weighted by molar-refractivity contribution is 6.30. The third-order valence-electron chi connectivity index (χ3n) is 2.93. The topological polar surface area (TPSA) is 58.6 Å². The molecule has 0 radical (unpaired) electrons. The Hall–Kier alpha value is -1.26. The molecule has 0 atom stereocenters. The van der Waals surface area contributed by atoms with Gasteiger partial charge in [-0.1, -0.05) is 18.5 Å². The Balaban J connectivity index is 2.75. The van der Waals surface area contributed by atoms with Gasteiger partial charge < -0.3 is 15.2 Å². The van der Waals surface area contributed by atoms with Gasteiger partial charge in [-0.25, -0.2) is 0 Å². The smallest absolute Gasteiger partial charge is 0.312 e. The molecule has 1 rings (SSSR count). The Bertz CT molecular complexity index is 460. The molecule has 0 saturated heterocycles. The first-order valence-corrected chi connectivity index (χ1v) is 7.10. The second-order valence-electron chi connectivity index (χ2n) is 5.41. The fourth-order valence-electron chi connectivity index (χ4n) is 1.55. The highest BCUT2D eigenvalue weighted by Crippen LogP contribution is 2.25. The van der Waals surface area contributed by atoms with Crippen molar-refractivity contribution in [2.75, 3.05) is 13.2 Å². The molecule has 0 amide bonds. The molecule has 0 bridgehead atoms. The molecule has 0 unspecified atom stereocenters. The minimum Gasteiger partial charge on any atom is -0.492 e. The van der Waals surface area contributed by atoms with Crippen LogP contribution in [0.15, 0.2) is 18.2 Å². The summed E-state index contributed by atoms with van der Waals surface area (Å²) in [5, 5.41) is 13.0. The molecular weight excluding hydrogens is 278 g/mol. The summed E-state index contributed by atoms with van der Waals surface area (Å²) in [4.78, 5) is 11.1. The van der Waals surface area contributed by atoms with Gasteiger partial charge in [-0.3, -0.25) is 4.79 Å². The van der Waals surface area contributed by atoms with Crippen molar-refractivity contribution in [3.05, 3.63) is 28.8 Å². The first-order chi connectivity index (χ1) is 9.36. The molecule has 112 valence electrons. The fourth-order valence-corrected chi connectivity index (χ4v) is 1.74. The SMILES string of the molecule is CCCNCc1cc(Cl)ccc1OCC(C)(C)C(=O)O. The van der Waals surface area contributed by atoms with E-state index < -0.39 is 11.4 Å². The van der Waals surface area contributed by atoms with Crippen molar-refractivity contribution in [2.45, 2.75) is 33.7 Å². The first kappa shape index (κ1) is 16.8. The molecule has 4 nitrogen and oxygen atoms in total. The molecule has 1 aromatic rings. The zero-order chi connectivity index (χ0) is 15.2. The molecule has 0 fully saturated rings. The van der Waals surface area contributed by atoms with Gasteiger partial charge in [-0.15, -0.1) is 0 Å². The van der Waals surface area contributed by atoms with Crippen molar-refractivity contribution in [2.24, 2.45) is 5.41 Å². The van der Waals surface area contributed by atoms with Crippen LogP contribution in [0.4, 0.5) is 0 Å². The number of carboxylic acid groups (broad SMARTS) is 1. The monoisotopic (exact) mass is 299 g/mol. The lowest BCUT2D eigenvalue weighted by molar-refractivity contribution is -0.148. The van der Waals surface area contributed by atoms with E-state index in [1.54, 1.807) is 26.0 Å². The van der Waals surface area contributed by atoms with Crippen LogP contribution in [0.25, 0.3) is 0 Å². The maximum atomic E-state index is 11.1. The van der Waals surface area contributed by atoms with Crippen LogP contribution in [0.1, 0.15) is 32.8 Å². The summed E-state index contributed by atoms with van der Waals surface area (Å²) in [6.45, 7) is 7.05. The van der Waals surface area contributed by atoms with Crippen LogP contribution >= 0.6 is 11.6 Å². The van der Waals surface area contributed by atoms with Crippen LogP contribution in [-0.2, 0) is 11.3 Å². The Morgan fingerprint density at radius 3 is 2.75 bits per heavy atom. The minimum atomic E-state index is -0.923. The summed E-state index contributed by atoms with van der Waals surface area (Å²) in [6.07, 6.45) is 1.04. The van der Waals surface area contributed by atoms with Gasteiger partial charge in [-0.05, 0) is 45.0 Å². The Labute approximate surface area is 125 Å². The normalized spacial score (nSPS) is 11.4. The highest BCUT2D eigenvalue weighted by atomic mass is 35.5. The second-order valence-corrected chi connectivity index (χ2v) is 5.84. The number of carbonyl (C=O) groups is 1. The Kier molecular flexibility index (Phi) is 6.30. The quantitative estimate of drug-likeness (QED) is 0.723. The Morgan fingerprint density at radius 1 is 1.45 bits per heavy atom. The van der Waals surface area contributed by atoms with E-state index in [9.17, 15) is 4.79 Å². The molecule has 0 aromatic heterocycles. The summed E-state index contributed by atoms with van der Waals surface area (Å²) in [6, 6.07) is 5.37. The number of ether oxygens (including phenoxy) is 1. The van der Waals surface area contributed by atoms with Crippen LogP contribution in [0, 0.1) is 5.41 Å². The van der Waals surface area contributed by atoms with E-state index in [0.29, 0.717) is 17.3 Å². The van der Waals surface area contributed by atoms with Crippen LogP contribution in [-0.4, -0.2) is 24.2 Å². The lowest BCUT2D eigenvalue weighted by Gasteiger charge is -2.21. The van der Waals surface area contributed by atoms with Crippen molar-refractivity contribution in [3.63, 3.8) is 0 Å². The maximum absolute atomic E-state index is 11.1. The van der Waals surface area contributed by atoms with E-state index in [1.165, 1.54) is 0 Å². The number of nitrogens with one attached hydrogen (secondary N) is 1. The van der Waals surface area contributed by atoms with E-state index in [0.717, 1.165) is 18.5 Å².